The molecule has 0 unspecified atom stereocenters. The van der Waals surface area contributed by atoms with E-state index in [9.17, 15) is 18.0 Å². The van der Waals surface area contributed by atoms with E-state index in [1.165, 1.54) is 56.6 Å². The molecule has 1 N–H and O–H groups in total. The number of amides is 2. The monoisotopic (exact) mass is 657 g/mol. The second-order valence-electron chi connectivity index (χ2n) is 11.0. The molecule has 0 heterocycles. The lowest BCUT2D eigenvalue weighted by Gasteiger charge is -2.33. The fourth-order valence-electron chi connectivity index (χ4n) is 5.34. The summed E-state index contributed by atoms with van der Waals surface area (Å²) in [7, 11) is -0.180. The molecule has 4 rings (SSSR count). The second-order valence-corrected chi connectivity index (χ2v) is 13.3. The highest BCUT2D eigenvalue weighted by Crippen LogP contribution is 2.37. The minimum Gasteiger partial charge on any atom is -0.495 e. The van der Waals surface area contributed by atoms with Gasteiger partial charge in [0.15, 0.2) is 11.5 Å². The van der Waals surface area contributed by atoms with Gasteiger partial charge in [0, 0.05) is 23.7 Å². The van der Waals surface area contributed by atoms with Crippen LogP contribution in [0.1, 0.15) is 43.7 Å². The molecule has 12 heteroatoms. The predicted molar refractivity (Wildman–Crippen MR) is 174 cm³/mol. The maximum absolute atomic E-state index is 14.3. The number of carbonyl (C=O) groups is 2. The third-order valence-corrected chi connectivity index (χ3v) is 9.96. The van der Waals surface area contributed by atoms with Gasteiger partial charge in [-0.3, -0.25) is 13.9 Å². The quantitative estimate of drug-likeness (QED) is 0.264. The first-order valence-corrected chi connectivity index (χ1v) is 16.5. The third-order valence-electron chi connectivity index (χ3n) is 7.97. The van der Waals surface area contributed by atoms with Gasteiger partial charge in [-0.2, -0.15) is 0 Å². The van der Waals surface area contributed by atoms with Gasteiger partial charge < -0.3 is 24.4 Å². The Morgan fingerprint density at radius 3 is 2.16 bits per heavy atom. The molecule has 0 spiro atoms. The van der Waals surface area contributed by atoms with E-state index in [4.69, 9.17) is 25.8 Å². The Morgan fingerprint density at radius 1 is 0.911 bits per heavy atom. The van der Waals surface area contributed by atoms with Crippen molar-refractivity contribution in [1.82, 2.24) is 10.2 Å². The summed E-state index contributed by atoms with van der Waals surface area (Å²) in [6, 6.07) is 15.5. The maximum atomic E-state index is 14.3. The van der Waals surface area contributed by atoms with Crippen LogP contribution in [0.5, 0.6) is 17.2 Å². The van der Waals surface area contributed by atoms with Crippen molar-refractivity contribution >= 4 is 39.1 Å². The van der Waals surface area contributed by atoms with E-state index in [1.807, 2.05) is 31.2 Å². The molecule has 2 amide bonds. The third kappa shape index (κ3) is 8.01. The first kappa shape index (κ1) is 33.9. The lowest BCUT2D eigenvalue weighted by atomic mass is 10.1. The zero-order valence-electron chi connectivity index (χ0n) is 26.2. The van der Waals surface area contributed by atoms with Crippen LogP contribution in [-0.2, 0) is 26.2 Å². The van der Waals surface area contributed by atoms with E-state index >= 15 is 0 Å². The van der Waals surface area contributed by atoms with E-state index in [-0.39, 0.29) is 45.6 Å². The summed E-state index contributed by atoms with van der Waals surface area (Å²) in [6.45, 7) is 3.07. The van der Waals surface area contributed by atoms with Gasteiger partial charge in [-0.25, -0.2) is 8.42 Å². The number of halogens is 1. The van der Waals surface area contributed by atoms with Crippen molar-refractivity contribution in [2.75, 3.05) is 32.2 Å². The molecule has 1 aliphatic rings. The van der Waals surface area contributed by atoms with Crippen LogP contribution in [0.25, 0.3) is 0 Å². The number of rotatable bonds is 13. The topological polar surface area (TPSA) is 114 Å². The molecule has 0 aliphatic heterocycles. The van der Waals surface area contributed by atoms with Gasteiger partial charge in [-0.15, -0.1) is 0 Å². The summed E-state index contributed by atoms with van der Waals surface area (Å²) in [5.41, 5.74) is 1.90. The van der Waals surface area contributed by atoms with Gasteiger partial charge >= 0.3 is 0 Å². The number of aryl methyl sites for hydroxylation is 1. The fourth-order valence-corrected chi connectivity index (χ4v) is 6.94. The van der Waals surface area contributed by atoms with Crippen LogP contribution in [-0.4, -0.2) is 65.1 Å². The average molecular weight is 658 g/mol. The van der Waals surface area contributed by atoms with Crippen LogP contribution in [0.15, 0.2) is 65.6 Å². The normalized spacial score (nSPS) is 14.0. The van der Waals surface area contributed by atoms with Crippen molar-refractivity contribution in [2.45, 2.75) is 63.1 Å². The first-order valence-electron chi connectivity index (χ1n) is 14.7. The summed E-state index contributed by atoms with van der Waals surface area (Å²) in [4.78, 5) is 29.0. The highest BCUT2D eigenvalue weighted by atomic mass is 35.5. The number of carbonyl (C=O) groups excluding carboxylic acids is 2. The summed E-state index contributed by atoms with van der Waals surface area (Å²) in [5, 5.41) is 3.31. The number of benzene rings is 3. The van der Waals surface area contributed by atoms with Crippen LogP contribution < -0.4 is 23.8 Å². The van der Waals surface area contributed by atoms with Crippen LogP contribution in [0.2, 0.25) is 5.02 Å². The number of anilines is 1. The highest BCUT2D eigenvalue weighted by Gasteiger charge is 2.35. The molecule has 1 fully saturated rings. The molecule has 10 nitrogen and oxygen atoms in total. The van der Waals surface area contributed by atoms with Crippen LogP contribution in [0.3, 0.4) is 0 Å². The molecule has 0 saturated heterocycles. The molecular formula is C33H40ClN3O7S. The number of hydrogen-bond donors (Lipinski definition) is 1. The molecule has 0 aromatic heterocycles. The summed E-state index contributed by atoms with van der Waals surface area (Å²) in [5.74, 6) is -0.159. The fraction of sp³-hybridized carbons (Fsp3) is 0.394. The standard InChI is InChI=1S/C33H40ClN3O7S/c1-22-10-12-24(13-11-22)20-36(23(2)33(39)35-26-8-6-7-9-26)32(38)21-37(28-18-25(34)14-16-29(28)42-3)45(40,41)27-15-17-30(43-4)31(19-27)44-5/h10-19,23,26H,6-9,20-21H2,1-5H3,(H,35,39)/t23-/m1/s1. The van der Waals surface area contributed by atoms with Crippen LogP contribution in [0.4, 0.5) is 5.69 Å². The predicted octanol–water partition coefficient (Wildman–Crippen LogP) is 5.35. The Labute approximate surface area is 270 Å². The minimum absolute atomic E-state index is 0.0499. The summed E-state index contributed by atoms with van der Waals surface area (Å²) >= 11 is 6.33. The smallest absolute Gasteiger partial charge is 0.265 e. The largest absolute Gasteiger partial charge is 0.495 e. The number of nitrogens with zero attached hydrogens (tertiary/aromatic N) is 2. The molecule has 1 atom stereocenters. The number of hydrogen-bond acceptors (Lipinski definition) is 7. The minimum atomic E-state index is -4.42. The zero-order chi connectivity index (χ0) is 32.7. The Bertz CT molecular complexity index is 1610. The highest BCUT2D eigenvalue weighted by molar-refractivity contribution is 7.92. The van der Waals surface area contributed by atoms with Crippen LogP contribution in [0, 0.1) is 6.92 Å². The van der Waals surface area contributed by atoms with Crippen molar-refractivity contribution in [2.24, 2.45) is 0 Å². The molecular weight excluding hydrogens is 618 g/mol. The Kier molecular flexibility index (Phi) is 11.2. The first-order chi connectivity index (χ1) is 21.5. The van der Waals surface area contributed by atoms with E-state index in [2.05, 4.69) is 5.32 Å². The van der Waals surface area contributed by atoms with E-state index in [1.54, 1.807) is 13.0 Å². The zero-order valence-corrected chi connectivity index (χ0v) is 27.8. The van der Waals surface area contributed by atoms with E-state index < -0.39 is 28.5 Å². The van der Waals surface area contributed by atoms with E-state index in [0.29, 0.717) is 5.75 Å². The van der Waals surface area contributed by atoms with Gasteiger partial charge in [0.1, 0.15) is 18.3 Å². The van der Waals surface area contributed by atoms with Crippen molar-refractivity contribution < 1.29 is 32.2 Å². The lowest BCUT2D eigenvalue weighted by Crippen LogP contribution is -2.52. The van der Waals surface area contributed by atoms with Crippen LogP contribution >= 0.6 is 11.6 Å². The van der Waals surface area contributed by atoms with Crippen molar-refractivity contribution in [3.8, 4) is 17.2 Å². The lowest BCUT2D eigenvalue weighted by molar-refractivity contribution is -0.139. The molecule has 242 valence electrons. The summed E-state index contributed by atoms with van der Waals surface area (Å²) < 4.78 is 45.8. The van der Waals surface area contributed by atoms with Gasteiger partial charge in [0.2, 0.25) is 11.8 Å². The molecule has 0 bridgehead atoms. The second kappa shape index (κ2) is 14.9. The Morgan fingerprint density at radius 2 is 1.53 bits per heavy atom. The summed E-state index contributed by atoms with van der Waals surface area (Å²) in [6.07, 6.45) is 3.85. The number of nitrogens with one attached hydrogen (secondary N) is 1. The Balaban J connectivity index is 1.77. The van der Waals surface area contributed by atoms with Gasteiger partial charge in [0.05, 0.1) is 31.9 Å². The van der Waals surface area contributed by atoms with Gasteiger partial charge in [-0.1, -0.05) is 54.3 Å². The number of ether oxygens (including phenoxy) is 3. The molecule has 3 aromatic carbocycles. The van der Waals surface area contributed by atoms with Gasteiger partial charge in [0.25, 0.3) is 10.0 Å². The molecule has 1 aliphatic carbocycles. The number of sulfonamides is 1. The van der Waals surface area contributed by atoms with Crippen molar-refractivity contribution in [3.63, 3.8) is 0 Å². The van der Waals surface area contributed by atoms with Gasteiger partial charge in [-0.05, 0) is 62.6 Å². The molecule has 1 saturated carbocycles. The Hall–Kier alpha value is -3.96. The van der Waals surface area contributed by atoms with Crippen molar-refractivity contribution in [3.05, 3.63) is 76.8 Å². The average Bonchev–Trinajstić information content (AvgIpc) is 3.55. The maximum Gasteiger partial charge on any atom is 0.265 e. The number of methoxy groups -OCH3 is 3. The molecule has 3 aromatic rings. The molecule has 0 radical (unpaired) electrons. The van der Waals surface area contributed by atoms with E-state index in [0.717, 1.165) is 41.1 Å². The SMILES string of the molecule is COc1ccc(S(=O)(=O)N(CC(=O)N(Cc2ccc(C)cc2)[C@H](C)C(=O)NC2CCCC2)c2cc(Cl)ccc2OC)cc1OC. The molecule has 45 heavy (non-hydrogen) atoms. The van der Waals surface area contributed by atoms with Crippen molar-refractivity contribution in [1.29, 1.82) is 0 Å².